The highest BCUT2D eigenvalue weighted by atomic mass is 79.9. The molecule has 0 spiro atoms. The molecule has 86 valence electrons. The zero-order valence-electron chi connectivity index (χ0n) is 7.74. The fourth-order valence-corrected chi connectivity index (χ4v) is 1.65. The predicted molar refractivity (Wildman–Crippen MR) is 56.2 cm³/mol. The second-order valence-corrected chi connectivity index (χ2v) is 3.77. The number of carboxylic acids is 1. The zero-order valence-corrected chi connectivity index (χ0v) is 9.32. The van der Waals surface area contributed by atoms with Gasteiger partial charge in [-0.3, -0.25) is 10.1 Å². The largest absolute Gasteiger partial charge is 0.478 e. The number of halogens is 2. The van der Waals surface area contributed by atoms with Crippen LogP contribution in [0.4, 0.5) is 10.1 Å². The van der Waals surface area contributed by atoms with Crippen molar-refractivity contribution in [2.24, 2.45) is 0 Å². The van der Waals surface area contributed by atoms with E-state index in [1.807, 2.05) is 0 Å². The van der Waals surface area contributed by atoms with Crippen molar-refractivity contribution in [3.63, 3.8) is 0 Å². The van der Waals surface area contributed by atoms with Crippen LogP contribution >= 0.6 is 15.9 Å². The summed E-state index contributed by atoms with van der Waals surface area (Å²) in [4.78, 5) is 20.3. The van der Waals surface area contributed by atoms with Crippen LogP contribution in [-0.4, -0.2) is 16.0 Å². The third kappa shape index (κ3) is 2.27. The van der Waals surface area contributed by atoms with Gasteiger partial charge in [-0.25, -0.2) is 9.18 Å². The van der Waals surface area contributed by atoms with E-state index in [0.29, 0.717) is 0 Å². The van der Waals surface area contributed by atoms with Gasteiger partial charge in [-0.2, -0.15) is 0 Å². The molecule has 0 radical (unpaired) electrons. The van der Waals surface area contributed by atoms with E-state index >= 15 is 0 Å². The number of carbonyl (C=O) groups is 1. The molecule has 0 fully saturated rings. The molecule has 0 unspecified atom stereocenters. The van der Waals surface area contributed by atoms with E-state index in [4.69, 9.17) is 10.8 Å². The van der Waals surface area contributed by atoms with Crippen molar-refractivity contribution in [1.82, 2.24) is 0 Å². The second-order valence-electron chi connectivity index (χ2n) is 2.92. The van der Waals surface area contributed by atoms with Crippen molar-refractivity contribution in [1.29, 1.82) is 0 Å². The van der Waals surface area contributed by atoms with Crippen molar-refractivity contribution in [2.75, 3.05) is 5.73 Å². The summed E-state index contributed by atoms with van der Waals surface area (Å²) < 4.78 is 13.2. The van der Waals surface area contributed by atoms with Gasteiger partial charge < -0.3 is 10.8 Å². The molecule has 0 bridgehead atoms. The van der Waals surface area contributed by atoms with E-state index in [1.165, 1.54) is 0 Å². The number of nitrogens with two attached hydrogens (primary N) is 1. The van der Waals surface area contributed by atoms with Gasteiger partial charge >= 0.3 is 5.97 Å². The first-order chi connectivity index (χ1) is 7.34. The first-order valence-electron chi connectivity index (χ1n) is 3.96. The number of nitrogen functional groups attached to an aromatic ring is 1. The highest BCUT2D eigenvalue weighted by Gasteiger charge is 2.22. The summed E-state index contributed by atoms with van der Waals surface area (Å²) in [6, 6.07) is 1.10. The van der Waals surface area contributed by atoms with Gasteiger partial charge in [0.05, 0.1) is 10.2 Å². The van der Waals surface area contributed by atoms with Crippen LogP contribution in [-0.2, 0) is 6.54 Å². The average Bonchev–Trinajstić information content (AvgIpc) is 2.13. The van der Waals surface area contributed by atoms with Gasteiger partial charge in [-0.15, -0.1) is 0 Å². The maximum Gasteiger partial charge on any atom is 0.340 e. The fraction of sp³-hybridized carbons (Fsp3) is 0.125. The number of nitro groups is 1. The predicted octanol–water partition coefficient (Wildman–Crippen LogP) is 1.65. The Hall–Kier alpha value is -1.70. The number of hydrogen-bond acceptors (Lipinski definition) is 4. The minimum atomic E-state index is -1.57. The lowest BCUT2D eigenvalue weighted by atomic mass is 10.1. The first kappa shape index (κ1) is 12.4. The molecule has 0 heterocycles. The smallest absolute Gasteiger partial charge is 0.340 e. The molecular formula is C8H6BrFN2O4. The van der Waals surface area contributed by atoms with Gasteiger partial charge in [-0.05, 0) is 22.0 Å². The van der Waals surface area contributed by atoms with Crippen LogP contribution < -0.4 is 5.73 Å². The number of carboxylic acid groups (broad SMARTS) is 1. The Morgan fingerprint density at radius 3 is 2.69 bits per heavy atom. The van der Waals surface area contributed by atoms with E-state index in [0.717, 1.165) is 6.07 Å². The SMILES string of the molecule is Nc1c(C[N+](=O)[O-])cc(Br)c(F)c1C(=O)O. The average molecular weight is 293 g/mol. The van der Waals surface area contributed by atoms with Crippen molar-refractivity contribution >= 4 is 27.6 Å². The summed E-state index contributed by atoms with van der Waals surface area (Å²) in [6.45, 7) is -0.662. The number of nitrogens with zero attached hydrogens (tertiary/aromatic N) is 1. The Kier molecular flexibility index (Phi) is 3.43. The monoisotopic (exact) mass is 292 g/mol. The van der Waals surface area contributed by atoms with Gasteiger partial charge in [0.2, 0.25) is 6.54 Å². The number of hydrogen-bond donors (Lipinski definition) is 2. The number of benzene rings is 1. The summed E-state index contributed by atoms with van der Waals surface area (Å²) in [7, 11) is 0. The lowest BCUT2D eigenvalue weighted by Gasteiger charge is -2.08. The van der Waals surface area contributed by atoms with E-state index in [2.05, 4.69) is 15.9 Å². The molecule has 6 nitrogen and oxygen atoms in total. The van der Waals surface area contributed by atoms with Gasteiger partial charge in [0, 0.05) is 10.5 Å². The molecular weight excluding hydrogens is 287 g/mol. The van der Waals surface area contributed by atoms with Crippen molar-refractivity contribution in [3.8, 4) is 0 Å². The maximum atomic E-state index is 13.4. The normalized spacial score (nSPS) is 10.1. The van der Waals surface area contributed by atoms with Crippen LogP contribution in [0.15, 0.2) is 10.5 Å². The molecule has 0 aromatic heterocycles. The summed E-state index contributed by atoms with van der Waals surface area (Å²) in [5.74, 6) is -2.61. The van der Waals surface area contributed by atoms with E-state index < -0.39 is 34.5 Å². The topological polar surface area (TPSA) is 106 Å². The molecule has 1 rings (SSSR count). The number of rotatable bonds is 3. The zero-order chi connectivity index (χ0) is 12.5. The Bertz CT molecular complexity index is 478. The Labute approximate surface area is 97.1 Å². The van der Waals surface area contributed by atoms with Crippen molar-refractivity contribution in [3.05, 3.63) is 37.6 Å². The summed E-state index contributed by atoms with van der Waals surface area (Å²) in [5, 5.41) is 19.0. The van der Waals surface area contributed by atoms with Crippen LogP contribution in [0.2, 0.25) is 0 Å². The number of aromatic carboxylic acids is 1. The van der Waals surface area contributed by atoms with Crippen LogP contribution in [0.25, 0.3) is 0 Å². The third-order valence-corrected chi connectivity index (χ3v) is 2.44. The van der Waals surface area contributed by atoms with Crippen molar-refractivity contribution < 1.29 is 19.2 Å². The van der Waals surface area contributed by atoms with Crippen LogP contribution in [0.1, 0.15) is 15.9 Å². The first-order valence-corrected chi connectivity index (χ1v) is 4.75. The van der Waals surface area contributed by atoms with Gasteiger partial charge in [-0.1, -0.05) is 0 Å². The summed E-state index contributed by atoms with van der Waals surface area (Å²) in [5.41, 5.74) is 4.13. The Morgan fingerprint density at radius 2 is 2.25 bits per heavy atom. The van der Waals surface area contributed by atoms with Crippen LogP contribution in [0.3, 0.4) is 0 Å². The van der Waals surface area contributed by atoms with E-state index in [1.54, 1.807) is 0 Å². The van der Waals surface area contributed by atoms with Gasteiger partial charge in [0.1, 0.15) is 5.56 Å². The van der Waals surface area contributed by atoms with Crippen molar-refractivity contribution in [2.45, 2.75) is 6.54 Å². The fourth-order valence-electron chi connectivity index (χ4n) is 1.17. The molecule has 1 aromatic rings. The minimum absolute atomic E-state index is 0.0457. The molecule has 0 saturated carbocycles. The molecule has 16 heavy (non-hydrogen) atoms. The molecule has 0 aliphatic carbocycles. The Balaban J connectivity index is 3.44. The minimum Gasteiger partial charge on any atom is -0.478 e. The molecule has 0 saturated heterocycles. The molecule has 0 atom stereocenters. The lowest BCUT2D eigenvalue weighted by molar-refractivity contribution is -0.496. The van der Waals surface area contributed by atoms with Crippen LogP contribution in [0.5, 0.6) is 0 Å². The second kappa shape index (κ2) is 4.44. The Morgan fingerprint density at radius 1 is 1.69 bits per heavy atom. The molecule has 0 aliphatic heterocycles. The molecule has 0 aliphatic rings. The maximum absolute atomic E-state index is 13.4. The summed E-state index contributed by atoms with van der Waals surface area (Å²) in [6.07, 6.45) is 0. The van der Waals surface area contributed by atoms with E-state index in [-0.39, 0.29) is 10.0 Å². The third-order valence-electron chi connectivity index (χ3n) is 1.86. The van der Waals surface area contributed by atoms with Gasteiger partial charge in [0.15, 0.2) is 5.82 Å². The molecule has 3 N–H and O–H groups in total. The highest BCUT2D eigenvalue weighted by Crippen LogP contribution is 2.28. The van der Waals surface area contributed by atoms with Crippen LogP contribution in [0, 0.1) is 15.9 Å². The van der Waals surface area contributed by atoms with E-state index in [9.17, 15) is 19.3 Å². The van der Waals surface area contributed by atoms with Gasteiger partial charge in [0.25, 0.3) is 0 Å². The summed E-state index contributed by atoms with van der Waals surface area (Å²) >= 11 is 2.77. The molecule has 0 amide bonds. The lowest BCUT2D eigenvalue weighted by Crippen LogP contribution is -2.11. The quantitative estimate of drug-likeness (QED) is 0.500. The standard InChI is InChI=1S/C8H6BrFN2O4/c9-4-1-3(2-12(15)16)7(11)5(6(4)10)8(13)14/h1H,2,11H2,(H,13,14). The molecule has 8 heteroatoms. The highest BCUT2D eigenvalue weighted by molar-refractivity contribution is 9.10. The number of anilines is 1. The molecule has 1 aromatic carbocycles.